The lowest BCUT2D eigenvalue weighted by Gasteiger charge is -2.24. The molecule has 1 aromatic rings. The summed E-state index contributed by atoms with van der Waals surface area (Å²) in [4.78, 5) is 1.46. The fourth-order valence-electron chi connectivity index (χ4n) is 1.37. The Morgan fingerprint density at radius 3 is 2.27 bits per heavy atom. The average molecular weight is 214 g/mol. The quantitative estimate of drug-likeness (QED) is 0.698. The molecule has 5 heteroatoms. The zero-order valence-electron chi connectivity index (χ0n) is 8.67. The highest BCUT2D eigenvalue weighted by atomic mass is 19.4. The van der Waals surface area contributed by atoms with Crippen LogP contribution < -0.4 is 10.4 Å². The first-order valence-corrected chi connectivity index (χ1v) is 4.50. The van der Waals surface area contributed by atoms with E-state index in [0.717, 1.165) is 6.07 Å². The molecule has 0 aliphatic heterocycles. The molecule has 15 heavy (non-hydrogen) atoms. The van der Waals surface area contributed by atoms with Crippen molar-refractivity contribution in [1.29, 1.82) is 0 Å². The molecular weight excluding hydrogens is 202 g/mol. The van der Waals surface area contributed by atoms with Gasteiger partial charge in [0.2, 0.25) is 0 Å². The lowest BCUT2D eigenvalue weighted by atomic mass is 9.77. The van der Waals surface area contributed by atoms with Crippen molar-refractivity contribution in [2.45, 2.75) is 0 Å². The van der Waals surface area contributed by atoms with Gasteiger partial charge in [-0.05, 0) is 11.6 Å². The van der Waals surface area contributed by atoms with Crippen molar-refractivity contribution in [3.05, 3.63) is 30.3 Å². The zero-order valence-corrected chi connectivity index (χ0v) is 8.67. The lowest BCUT2D eigenvalue weighted by Crippen LogP contribution is -2.38. The molecule has 0 heterocycles. The Kier molecular flexibility index (Phi) is 3.12. The highest BCUT2D eigenvalue weighted by Gasteiger charge is 2.29. The van der Waals surface area contributed by atoms with Crippen LogP contribution in [0, 0.1) is 0 Å². The first kappa shape index (κ1) is 11.7. The molecule has 0 amide bonds. The van der Waals surface area contributed by atoms with Gasteiger partial charge in [0.1, 0.15) is 0 Å². The summed E-state index contributed by atoms with van der Waals surface area (Å²) in [6, 6.07) is 4.21. The molecule has 0 aliphatic rings. The van der Waals surface area contributed by atoms with Gasteiger partial charge in [0.15, 0.2) is 0 Å². The summed E-state index contributed by atoms with van der Waals surface area (Å²) in [5, 5.41) is 0. The number of nitrogens with zero attached hydrogens (tertiary/aromatic N) is 1. The topological polar surface area (TPSA) is 3.24 Å². The van der Waals surface area contributed by atoms with Crippen molar-refractivity contribution in [2.75, 3.05) is 19.0 Å². The second-order valence-electron chi connectivity index (χ2n) is 3.49. The third-order valence-electron chi connectivity index (χ3n) is 2.12. The largest absolute Gasteiger partial charge is 0.511 e. The van der Waals surface area contributed by atoms with Crippen molar-refractivity contribution in [3.8, 4) is 0 Å². The predicted octanol–water partition coefficient (Wildman–Crippen LogP) is 2.45. The smallest absolute Gasteiger partial charge is 0.445 e. The molecular formula is C10H12BF3N-. The van der Waals surface area contributed by atoms with Crippen LogP contribution in [0.2, 0.25) is 0 Å². The van der Waals surface area contributed by atoms with Crippen LogP contribution in [-0.2, 0) is 0 Å². The fourth-order valence-corrected chi connectivity index (χ4v) is 1.37. The monoisotopic (exact) mass is 214 g/mol. The Morgan fingerprint density at radius 1 is 1.27 bits per heavy atom. The molecule has 0 bridgehead atoms. The van der Waals surface area contributed by atoms with Crippen LogP contribution in [0.3, 0.4) is 0 Å². The van der Waals surface area contributed by atoms with E-state index in [1.54, 1.807) is 20.2 Å². The van der Waals surface area contributed by atoms with Crippen LogP contribution in [-0.4, -0.2) is 21.1 Å². The van der Waals surface area contributed by atoms with Gasteiger partial charge in [0.05, 0.1) is 0 Å². The first-order valence-electron chi connectivity index (χ1n) is 4.50. The van der Waals surface area contributed by atoms with Crippen molar-refractivity contribution in [2.24, 2.45) is 0 Å². The third kappa shape index (κ3) is 2.55. The SMILES string of the molecule is C=Cc1ccc(N(C)C)c([B-](F)(F)F)c1. The molecule has 0 aliphatic carbocycles. The third-order valence-corrected chi connectivity index (χ3v) is 2.12. The minimum atomic E-state index is -4.98. The standard InChI is InChI=1S/C10H12BF3N/c1-4-8-5-6-10(15(2)3)9(7-8)11(12,13)14/h4-7H,1H2,2-3H3/q-1. The summed E-state index contributed by atoms with van der Waals surface area (Å²) in [5.41, 5.74) is 0.0975. The number of rotatable bonds is 3. The number of halogens is 3. The van der Waals surface area contributed by atoms with E-state index in [1.165, 1.54) is 17.0 Å². The summed E-state index contributed by atoms with van der Waals surface area (Å²) in [7, 11) is 3.18. The zero-order chi connectivity index (χ0) is 11.6. The van der Waals surface area contributed by atoms with E-state index >= 15 is 0 Å². The van der Waals surface area contributed by atoms with E-state index in [2.05, 4.69) is 6.58 Å². The molecule has 0 spiro atoms. The first-order chi connectivity index (χ1) is 6.86. The molecule has 0 fully saturated rings. The minimum Gasteiger partial charge on any atom is -0.445 e. The Bertz CT molecular complexity index is 371. The highest BCUT2D eigenvalue weighted by Crippen LogP contribution is 2.19. The molecule has 82 valence electrons. The van der Waals surface area contributed by atoms with Crippen LogP contribution in [0.15, 0.2) is 24.8 Å². The molecule has 1 aromatic carbocycles. The number of benzene rings is 1. The molecule has 0 N–H and O–H groups in total. The van der Waals surface area contributed by atoms with Crippen molar-refractivity contribution in [1.82, 2.24) is 0 Å². The van der Waals surface area contributed by atoms with Gasteiger partial charge >= 0.3 is 6.98 Å². The molecule has 0 saturated carbocycles. The second kappa shape index (κ2) is 4.00. The average Bonchev–Trinajstić information content (AvgIpc) is 2.15. The Labute approximate surface area is 87.3 Å². The number of hydrogen-bond acceptors (Lipinski definition) is 1. The molecule has 0 atom stereocenters. The molecule has 1 rings (SSSR count). The van der Waals surface area contributed by atoms with E-state index in [0.29, 0.717) is 5.56 Å². The Morgan fingerprint density at radius 2 is 1.87 bits per heavy atom. The van der Waals surface area contributed by atoms with E-state index in [9.17, 15) is 12.9 Å². The molecule has 0 aromatic heterocycles. The summed E-state index contributed by atoms with van der Waals surface area (Å²) in [6.45, 7) is -1.53. The van der Waals surface area contributed by atoms with E-state index < -0.39 is 12.4 Å². The number of hydrogen-bond donors (Lipinski definition) is 0. The molecule has 0 saturated heterocycles. The summed E-state index contributed by atoms with van der Waals surface area (Å²) >= 11 is 0. The maximum absolute atomic E-state index is 12.7. The highest BCUT2D eigenvalue weighted by molar-refractivity contribution is 6.75. The van der Waals surface area contributed by atoms with Crippen molar-refractivity contribution < 1.29 is 12.9 Å². The minimum absolute atomic E-state index is 0.188. The molecule has 1 nitrogen and oxygen atoms in total. The molecule has 0 unspecified atom stereocenters. The van der Waals surface area contributed by atoms with Gasteiger partial charge in [-0.15, -0.1) is 0 Å². The van der Waals surface area contributed by atoms with Gasteiger partial charge in [-0.1, -0.05) is 30.3 Å². The van der Waals surface area contributed by atoms with Gasteiger partial charge in [-0.3, -0.25) is 0 Å². The lowest BCUT2D eigenvalue weighted by molar-refractivity contribution is 0.501. The van der Waals surface area contributed by atoms with Gasteiger partial charge in [-0.2, -0.15) is 0 Å². The van der Waals surface area contributed by atoms with E-state index in [1.807, 2.05) is 0 Å². The second-order valence-corrected chi connectivity index (χ2v) is 3.49. The predicted molar refractivity (Wildman–Crippen MR) is 59.6 cm³/mol. The normalized spacial score (nSPS) is 11.3. The Hall–Kier alpha value is -1.39. The van der Waals surface area contributed by atoms with Crippen LogP contribution >= 0.6 is 0 Å². The van der Waals surface area contributed by atoms with Crippen LogP contribution in [0.25, 0.3) is 6.08 Å². The molecule has 0 radical (unpaired) electrons. The summed E-state index contributed by atoms with van der Waals surface area (Å²) in [5.74, 6) is 0. The maximum Gasteiger partial charge on any atom is 0.511 e. The van der Waals surface area contributed by atoms with Crippen LogP contribution in [0.1, 0.15) is 5.56 Å². The van der Waals surface area contributed by atoms with Gasteiger partial charge in [0.25, 0.3) is 0 Å². The van der Waals surface area contributed by atoms with Crippen molar-refractivity contribution in [3.63, 3.8) is 0 Å². The van der Waals surface area contributed by atoms with E-state index in [-0.39, 0.29) is 5.69 Å². The van der Waals surface area contributed by atoms with Gasteiger partial charge in [0, 0.05) is 19.8 Å². The summed E-state index contributed by atoms with van der Waals surface area (Å²) < 4.78 is 38.2. The van der Waals surface area contributed by atoms with Crippen LogP contribution in [0.5, 0.6) is 0 Å². The van der Waals surface area contributed by atoms with Gasteiger partial charge < -0.3 is 17.8 Å². The van der Waals surface area contributed by atoms with E-state index in [4.69, 9.17) is 0 Å². The Balaban J connectivity index is 3.35. The van der Waals surface area contributed by atoms with Crippen LogP contribution in [0.4, 0.5) is 18.6 Å². The number of anilines is 1. The van der Waals surface area contributed by atoms with Crippen molar-refractivity contribution >= 4 is 24.2 Å². The maximum atomic E-state index is 12.7. The fraction of sp³-hybridized carbons (Fsp3) is 0.200. The van der Waals surface area contributed by atoms with Gasteiger partial charge in [-0.25, -0.2) is 0 Å². The summed E-state index contributed by atoms with van der Waals surface area (Å²) in [6.07, 6.45) is 1.41.